The third-order valence-corrected chi connectivity index (χ3v) is 3.66. The Morgan fingerprint density at radius 3 is 2.79 bits per heavy atom. The molecule has 0 aliphatic carbocycles. The summed E-state index contributed by atoms with van der Waals surface area (Å²) < 4.78 is 0. The molecule has 2 atom stereocenters. The van der Waals surface area contributed by atoms with Crippen molar-refractivity contribution in [3.63, 3.8) is 0 Å². The third kappa shape index (κ3) is 3.46. The van der Waals surface area contributed by atoms with E-state index in [1.807, 2.05) is 13.0 Å². The highest BCUT2D eigenvalue weighted by atomic mass is 35.5. The van der Waals surface area contributed by atoms with E-state index in [1.165, 1.54) is 5.57 Å². The topological polar surface area (TPSA) is 24.9 Å². The summed E-state index contributed by atoms with van der Waals surface area (Å²) >= 11 is 6.40. The van der Waals surface area contributed by atoms with Crippen LogP contribution in [0.2, 0.25) is 5.02 Å². The smallest absolute Gasteiger partial charge is 0.0660 e. The highest BCUT2D eigenvalue weighted by Gasteiger charge is 2.16. The molecule has 3 heteroatoms. The van der Waals surface area contributed by atoms with Crippen LogP contribution in [0.15, 0.2) is 23.8 Å². The lowest BCUT2D eigenvalue weighted by molar-refractivity contribution is 0.523. The van der Waals surface area contributed by atoms with Crippen molar-refractivity contribution in [1.82, 2.24) is 10.3 Å². The van der Waals surface area contributed by atoms with Gasteiger partial charge < -0.3 is 5.32 Å². The molecular formula is C16H21ClN2. The van der Waals surface area contributed by atoms with Crippen molar-refractivity contribution in [2.24, 2.45) is 0 Å². The van der Waals surface area contributed by atoms with Crippen LogP contribution >= 0.6 is 11.6 Å². The van der Waals surface area contributed by atoms with Gasteiger partial charge in [0.15, 0.2) is 0 Å². The van der Waals surface area contributed by atoms with Gasteiger partial charge in [-0.25, -0.2) is 0 Å². The number of halogens is 1. The third-order valence-electron chi connectivity index (χ3n) is 3.34. The van der Waals surface area contributed by atoms with Gasteiger partial charge in [0.2, 0.25) is 0 Å². The first-order chi connectivity index (χ1) is 8.97. The number of aryl methyl sites for hydroxylation is 1. The van der Waals surface area contributed by atoms with Crippen molar-refractivity contribution in [3.8, 4) is 0 Å². The lowest BCUT2D eigenvalue weighted by Gasteiger charge is -2.21. The van der Waals surface area contributed by atoms with Gasteiger partial charge in [-0.15, -0.1) is 0 Å². The van der Waals surface area contributed by atoms with Gasteiger partial charge in [-0.2, -0.15) is 0 Å². The number of nitrogens with zero attached hydrogens (tertiary/aromatic N) is 1. The average molecular weight is 277 g/mol. The Morgan fingerprint density at radius 2 is 2.05 bits per heavy atom. The van der Waals surface area contributed by atoms with E-state index >= 15 is 0 Å². The molecule has 1 aromatic heterocycles. The van der Waals surface area contributed by atoms with Gasteiger partial charge in [0.05, 0.1) is 10.7 Å². The fraction of sp³-hybridized carbons (Fsp3) is 0.438. The molecule has 1 aliphatic heterocycles. The number of pyridine rings is 1. The highest BCUT2D eigenvalue weighted by Crippen LogP contribution is 2.28. The zero-order valence-electron chi connectivity index (χ0n) is 12.0. The SMILES string of the molecule is C/C1=C\c2c(Cl)cc(C)nc2[C@@H](C)N[C@H](C)/C=C\C1. The molecule has 1 N–H and O–H groups in total. The first-order valence-corrected chi connectivity index (χ1v) is 7.12. The number of hydrogen-bond acceptors (Lipinski definition) is 2. The van der Waals surface area contributed by atoms with E-state index < -0.39 is 0 Å². The van der Waals surface area contributed by atoms with Crippen LogP contribution < -0.4 is 5.32 Å². The van der Waals surface area contributed by atoms with Crippen molar-refractivity contribution < 1.29 is 0 Å². The average Bonchev–Trinajstić information content (AvgIpc) is 2.31. The first-order valence-electron chi connectivity index (χ1n) is 6.74. The molecule has 102 valence electrons. The molecule has 1 aromatic rings. The zero-order chi connectivity index (χ0) is 14.0. The molecule has 0 amide bonds. The molecule has 2 nitrogen and oxygen atoms in total. The van der Waals surface area contributed by atoms with Gasteiger partial charge in [0, 0.05) is 23.3 Å². The zero-order valence-corrected chi connectivity index (χ0v) is 12.8. The minimum Gasteiger partial charge on any atom is -0.303 e. The minimum absolute atomic E-state index is 0.175. The molecule has 1 aliphatic rings. The molecule has 2 heterocycles. The van der Waals surface area contributed by atoms with E-state index in [0.717, 1.165) is 28.4 Å². The van der Waals surface area contributed by atoms with Crippen molar-refractivity contribution >= 4 is 17.7 Å². The first kappa shape index (κ1) is 14.3. The van der Waals surface area contributed by atoms with Crippen LogP contribution in [0.3, 0.4) is 0 Å². The van der Waals surface area contributed by atoms with E-state index in [1.54, 1.807) is 0 Å². The Hall–Kier alpha value is -1.12. The largest absolute Gasteiger partial charge is 0.303 e. The van der Waals surface area contributed by atoms with E-state index in [4.69, 9.17) is 11.6 Å². The summed E-state index contributed by atoms with van der Waals surface area (Å²) in [6.07, 6.45) is 7.51. The number of rotatable bonds is 0. The molecule has 0 saturated carbocycles. The van der Waals surface area contributed by atoms with Crippen LogP contribution in [0.1, 0.15) is 50.2 Å². The minimum atomic E-state index is 0.175. The second-order valence-corrected chi connectivity index (χ2v) is 5.75. The molecule has 2 rings (SSSR count). The molecule has 0 spiro atoms. The van der Waals surface area contributed by atoms with E-state index in [9.17, 15) is 0 Å². The summed E-state index contributed by atoms with van der Waals surface area (Å²) in [7, 11) is 0. The van der Waals surface area contributed by atoms with Crippen LogP contribution in [0.25, 0.3) is 6.08 Å². The number of fused-ring (bicyclic) bond motifs is 1. The number of aromatic nitrogens is 1. The van der Waals surface area contributed by atoms with Gasteiger partial charge in [0.1, 0.15) is 0 Å². The lowest BCUT2D eigenvalue weighted by atomic mass is 10.0. The van der Waals surface area contributed by atoms with Crippen LogP contribution in [0.4, 0.5) is 0 Å². The fourth-order valence-electron chi connectivity index (χ4n) is 2.43. The molecule has 0 aromatic carbocycles. The van der Waals surface area contributed by atoms with E-state index in [-0.39, 0.29) is 6.04 Å². The Bertz CT molecular complexity index is 532. The Balaban J connectivity index is 2.57. The van der Waals surface area contributed by atoms with Gasteiger partial charge in [-0.1, -0.05) is 35.4 Å². The predicted octanol–water partition coefficient (Wildman–Crippen LogP) is 4.45. The summed E-state index contributed by atoms with van der Waals surface area (Å²) in [5.74, 6) is 0. The summed E-state index contributed by atoms with van der Waals surface area (Å²) in [5.41, 5.74) is 4.34. The maximum absolute atomic E-state index is 6.40. The second-order valence-electron chi connectivity index (χ2n) is 5.34. The van der Waals surface area contributed by atoms with Crippen molar-refractivity contribution in [2.75, 3.05) is 0 Å². The lowest BCUT2D eigenvalue weighted by Crippen LogP contribution is -2.28. The van der Waals surface area contributed by atoms with E-state index in [0.29, 0.717) is 6.04 Å². The van der Waals surface area contributed by atoms with Gasteiger partial charge in [-0.05, 0) is 40.2 Å². The maximum Gasteiger partial charge on any atom is 0.0660 e. The van der Waals surface area contributed by atoms with Crippen LogP contribution in [0, 0.1) is 6.92 Å². The monoisotopic (exact) mass is 276 g/mol. The maximum atomic E-state index is 6.40. The van der Waals surface area contributed by atoms with Crippen LogP contribution in [0.5, 0.6) is 0 Å². The molecule has 0 fully saturated rings. The normalized spacial score (nSPS) is 28.2. The Morgan fingerprint density at radius 1 is 1.32 bits per heavy atom. The van der Waals surface area contributed by atoms with Crippen molar-refractivity contribution in [1.29, 1.82) is 0 Å². The van der Waals surface area contributed by atoms with Crippen LogP contribution in [-0.2, 0) is 0 Å². The molecule has 0 bridgehead atoms. The summed E-state index contributed by atoms with van der Waals surface area (Å²) in [6.45, 7) is 8.41. The van der Waals surface area contributed by atoms with E-state index in [2.05, 4.69) is 49.3 Å². The highest BCUT2D eigenvalue weighted by molar-refractivity contribution is 6.32. The van der Waals surface area contributed by atoms with Crippen molar-refractivity contribution in [2.45, 2.75) is 46.2 Å². The Labute approximate surface area is 120 Å². The summed E-state index contributed by atoms with van der Waals surface area (Å²) in [5, 5.41) is 4.32. The number of allylic oxidation sites excluding steroid dienone is 2. The van der Waals surface area contributed by atoms with Gasteiger partial charge in [0.25, 0.3) is 0 Å². The van der Waals surface area contributed by atoms with Crippen molar-refractivity contribution in [3.05, 3.63) is 45.8 Å². The Kier molecular flexibility index (Phi) is 4.43. The number of nitrogens with one attached hydrogen (secondary N) is 1. The van der Waals surface area contributed by atoms with Gasteiger partial charge in [-0.3, -0.25) is 4.98 Å². The standard InChI is InChI=1S/C16H21ClN2/c1-10-6-5-7-11(2)18-13(4)16-14(8-10)15(17)9-12(3)19-16/h5,7-9,11,13,18H,6H2,1-4H3/b7-5-,10-8+/t11-,13-/m1/s1. The predicted molar refractivity (Wildman–Crippen MR) is 82.4 cm³/mol. The molecule has 0 unspecified atom stereocenters. The molecular weight excluding hydrogens is 256 g/mol. The van der Waals surface area contributed by atoms with Gasteiger partial charge >= 0.3 is 0 Å². The quantitative estimate of drug-likeness (QED) is 0.709. The molecule has 0 saturated heterocycles. The molecule has 0 radical (unpaired) electrons. The second kappa shape index (κ2) is 5.89. The van der Waals surface area contributed by atoms with Crippen LogP contribution in [-0.4, -0.2) is 11.0 Å². The summed E-state index contributed by atoms with van der Waals surface area (Å²) in [4.78, 5) is 4.68. The number of hydrogen-bond donors (Lipinski definition) is 1. The fourth-order valence-corrected chi connectivity index (χ4v) is 2.74. The summed E-state index contributed by atoms with van der Waals surface area (Å²) in [6, 6.07) is 2.44. The molecule has 19 heavy (non-hydrogen) atoms.